The Labute approximate surface area is 92.1 Å². The molecule has 4 heteroatoms. The van der Waals surface area contributed by atoms with Crippen LogP contribution in [0.3, 0.4) is 0 Å². The van der Waals surface area contributed by atoms with Gasteiger partial charge in [0.1, 0.15) is 0 Å². The van der Waals surface area contributed by atoms with E-state index in [1.165, 1.54) is 0 Å². The number of primary amides is 1. The van der Waals surface area contributed by atoms with Crippen LogP contribution in [0.1, 0.15) is 16.1 Å². The van der Waals surface area contributed by atoms with Gasteiger partial charge in [0, 0.05) is 12.7 Å². The number of nitrogens with two attached hydrogens (primary N) is 1. The molecule has 2 aromatic rings. The molecule has 0 aliphatic rings. The number of thiophene rings is 1. The lowest BCUT2D eigenvalue weighted by atomic mass is 10.2. The van der Waals surface area contributed by atoms with Crippen molar-refractivity contribution in [3.8, 4) is 10.6 Å². The van der Waals surface area contributed by atoms with Crippen LogP contribution in [0.2, 0.25) is 0 Å². The van der Waals surface area contributed by atoms with E-state index in [1.807, 2.05) is 42.1 Å². The van der Waals surface area contributed by atoms with E-state index in [0.717, 1.165) is 16.3 Å². The Morgan fingerprint density at radius 3 is 2.73 bits per heavy atom. The maximum Gasteiger partial charge on any atom is 0.250 e. The highest BCUT2D eigenvalue weighted by Gasteiger charge is 2.14. The molecule has 0 unspecified atom stereocenters. The van der Waals surface area contributed by atoms with Crippen LogP contribution in [-0.2, 0) is 7.05 Å². The van der Waals surface area contributed by atoms with Crippen LogP contribution < -0.4 is 5.73 Å². The van der Waals surface area contributed by atoms with Crippen molar-refractivity contribution in [1.82, 2.24) is 4.57 Å². The number of hydrogen-bond acceptors (Lipinski definition) is 2. The lowest BCUT2D eigenvalue weighted by molar-refractivity contribution is 0.0999. The molecule has 0 aliphatic carbocycles. The van der Waals surface area contributed by atoms with E-state index in [-0.39, 0.29) is 5.91 Å². The van der Waals surface area contributed by atoms with Gasteiger partial charge in [0.2, 0.25) is 0 Å². The minimum atomic E-state index is -0.370. The molecule has 0 saturated heterocycles. The molecule has 1 amide bonds. The average Bonchev–Trinajstić information content (AvgIpc) is 2.77. The van der Waals surface area contributed by atoms with Gasteiger partial charge in [0.25, 0.3) is 5.91 Å². The molecule has 0 saturated carbocycles. The number of nitrogens with zero attached hydrogens (tertiary/aromatic N) is 1. The summed E-state index contributed by atoms with van der Waals surface area (Å²) in [6.07, 6.45) is 0. The van der Waals surface area contributed by atoms with Crippen molar-refractivity contribution < 1.29 is 4.79 Å². The Morgan fingerprint density at radius 1 is 1.53 bits per heavy atom. The number of carbonyl (C=O) groups is 1. The van der Waals surface area contributed by atoms with Gasteiger partial charge in [-0.2, -0.15) is 0 Å². The summed E-state index contributed by atoms with van der Waals surface area (Å²) < 4.78 is 1.99. The van der Waals surface area contributed by atoms with Crippen LogP contribution >= 0.6 is 11.3 Å². The number of rotatable bonds is 2. The molecule has 2 rings (SSSR count). The molecule has 2 heterocycles. The third-order valence-electron chi connectivity index (χ3n) is 2.57. The Balaban J connectivity index is 2.60. The minimum absolute atomic E-state index is 0.370. The number of carbonyl (C=O) groups excluding carboxylic acids is 1. The van der Waals surface area contributed by atoms with Crippen LogP contribution in [0.4, 0.5) is 0 Å². The fourth-order valence-corrected chi connectivity index (χ4v) is 2.39. The van der Waals surface area contributed by atoms with Gasteiger partial charge < -0.3 is 10.3 Å². The van der Waals surface area contributed by atoms with Gasteiger partial charge in [-0.1, -0.05) is 6.07 Å². The van der Waals surface area contributed by atoms with Gasteiger partial charge >= 0.3 is 0 Å². The van der Waals surface area contributed by atoms with Crippen LogP contribution in [0.25, 0.3) is 10.6 Å². The molecule has 78 valence electrons. The van der Waals surface area contributed by atoms with Crippen LogP contribution in [0, 0.1) is 6.92 Å². The summed E-state index contributed by atoms with van der Waals surface area (Å²) in [4.78, 5) is 12.3. The third-order valence-corrected chi connectivity index (χ3v) is 3.47. The standard InChI is InChI=1S/C11H12N2OS/c1-7-8(11(12)14)6-9(13(7)2)10-4-3-5-15-10/h3-6H,1-2H3,(H2,12,14). The second-order valence-corrected chi connectivity index (χ2v) is 4.38. The van der Waals surface area contributed by atoms with Crippen LogP contribution in [0.15, 0.2) is 23.6 Å². The number of aromatic nitrogens is 1. The molecule has 0 bridgehead atoms. The molecule has 0 aromatic carbocycles. The van der Waals surface area contributed by atoms with Gasteiger partial charge in [-0.25, -0.2) is 0 Å². The summed E-state index contributed by atoms with van der Waals surface area (Å²) in [7, 11) is 1.94. The lowest BCUT2D eigenvalue weighted by Crippen LogP contribution is -2.11. The molecule has 2 N–H and O–H groups in total. The smallest absolute Gasteiger partial charge is 0.250 e. The van der Waals surface area contributed by atoms with Gasteiger partial charge in [-0.3, -0.25) is 4.79 Å². The Hall–Kier alpha value is -1.55. The molecule has 0 atom stereocenters. The minimum Gasteiger partial charge on any atom is -0.366 e. The fourth-order valence-electron chi connectivity index (χ4n) is 1.61. The Bertz CT molecular complexity index is 497. The molecule has 0 spiro atoms. The topological polar surface area (TPSA) is 48.0 Å². The SMILES string of the molecule is Cc1c(C(N)=O)cc(-c2cccs2)n1C. The van der Waals surface area contributed by atoms with Crippen molar-refractivity contribution in [3.05, 3.63) is 34.8 Å². The van der Waals surface area contributed by atoms with Crippen molar-refractivity contribution in [1.29, 1.82) is 0 Å². The van der Waals surface area contributed by atoms with Gasteiger partial charge in [-0.15, -0.1) is 11.3 Å². The maximum atomic E-state index is 11.2. The molecular formula is C11H12N2OS. The largest absolute Gasteiger partial charge is 0.366 e. The first-order chi connectivity index (χ1) is 7.11. The third kappa shape index (κ3) is 1.57. The monoisotopic (exact) mass is 220 g/mol. The molecule has 2 aromatic heterocycles. The Kier molecular flexibility index (Phi) is 2.36. The summed E-state index contributed by atoms with van der Waals surface area (Å²) in [5, 5.41) is 2.02. The van der Waals surface area contributed by atoms with E-state index in [2.05, 4.69) is 0 Å². The van der Waals surface area contributed by atoms with E-state index in [4.69, 9.17) is 5.73 Å². The molecule has 3 nitrogen and oxygen atoms in total. The Morgan fingerprint density at radius 2 is 2.27 bits per heavy atom. The summed E-state index contributed by atoms with van der Waals surface area (Å²) in [5.41, 5.74) is 7.85. The van der Waals surface area contributed by atoms with Gasteiger partial charge in [0.15, 0.2) is 0 Å². The maximum absolute atomic E-state index is 11.2. The molecule has 0 fully saturated rings. The van der Waals surface area contributed by atoms with Crippen LogP contribution in [-0.4, -0.2) is 10.5 Å². The van der Waals surface area contributed by atoms with Gasteiger partial charge in [0.05, 0.1) is 16.1 Å². The highest BCUT2D eigenvalue weighted by atomic mass is 32.1. The first-order valence-electron chi connectivity index (χ1n) is 4.61. The predicted molar refractivity (Wildman–Crippen MR) is 62.0 cm³/mol. The highest BCUT2D eigenvalue weighted by molar-refractivity contribution is 7.13. The van der Waals surface area contributed by atoms with Crippen molar-refractivity contribution in [3.63, 3.8) is 0 Å². The van der Waals surface area contributed by atoms with Gasteiger partial charge in [-0.05, 0) is 24.4 Å². The van der Waals surface area contributed by atoms with E-state index >= 15 is 0 Å². The van der Waals surface area contributed by atoms with Crippen molar-refractivity contribution >= 4 is 17.2 Å². The van der Waals surface area contributed by atoms with Crippen molar-refractivity contribution in [2.24, 2.45) is 12.8 Å². The second-order valence-electron chi connectivity index (χ2n) is 3.43. The first-order valence-corrected chi connectivity index (χ1v) is 5.49. The zero-order valence-electron chi connectivity index (χ0n) is 8.65. The lowest BCUT2D eigenvalue weighted by Gasteiger charge is -2.01. The van der Waals surface area contributed by atoms with Crippen molar-refractivity contribution in [2.75, 3.05) is 0 Å². The van der Waals surface area contributed by atoms with E-state index in [9.17, 15) is 4.79 Å². The summed E-state index contributed by atoms with van der Waals surface area (Å²) in [6, 6.07) is 5.87. The van der Waals surface area contributed by atoms with E-state index in [1.54, 1.807) is 11.3 Å². The summed E-state index contributed by atoms with van der Waals surface area (Å²) >= 11 is 1.65. The predicted octanol–water partition coefficient (Wildman–Crippen LogP) is 2.16. The summed E-state index contributed by atoms with van der Waals surface area (Å²) in [5.74, 6) is -0.370. The van der Waals surface area contributed by atoms with E-state index in [0.29, 0.717) is 5.56 Å². The average molecular weight is 220 g/mol. The second kappa shape index (κ2) is 3.55. The normalized spacial score (nSPS) is 10.5. The number of amides is 1. The quantitative estimate of drug-likeness (QED) is 0.828. The highest BCUT2D eigenvalue weighted by Crippen LogP contribution is 2.28. The van der Waals surface area contributed by atoms with Crippen molar-refractivity contribution in [2.45, 2.75) is 6.92 Å². The van der Waals surface area contributed by atoms with Crippen LogP contribution in [0.5, 0.6) is 0 Å². The zero-order chi connectivity index (χ0) is 11.0. The molecular weight excluding hydrogens is 208 g/mol. The molecule has 15 heavy (non-hydrogen) atoms. The first kappa shape index (κ1) is 9.98. The molecule has 0 radical (unpaired) electrons. The fraction of sp³-hybridized carbons (Fsp3) is 0.182. The molecule has 0 aliphatic heterocycles. The summed E-state index contributed by atoms with van der Waals surface area (Å²) in [6.45, 7) is 1.90. The van der Waals surface area contributed by atoms with E-state index < -0.39 is 0 Å². The zero-order valence-corrected chi connectivity index (χ0v) is 9.47. The number of hydrogen-bond donors (Lipinski definition) is 1.